The number of allylic oxidation sites excluding steroid dienone is 2. The Labute approximate surface area is 87.0 Å². The summed E-state index contributed by atoms with van der Waals surface area (Å²) in [6.07, 6.45) is 9.27. The van der Waals surface area contributed by atoms with E-state index in [0.717, 1.165) is 13.0 Å². The molecule has 80 valence electrons. The van der Waals surface area contributed by atoms with Crippen LogP contribution in [0, 0.1) is 0 Å². The molecule has 1 atom stereocenters. The lowest BCUT2D eigenvalue weighted by Crippen LogP contribution is -2.41. The zero-order chi connectivity index (χ0) is 10.4. The Morgan fingerprint density at radius 2 is 2.29 bits per heavy atom. The summed E-state index contributed by atoms with van der Waals surface area (Å²) in [7, 11) is 0. The Morgan fingerprint density at radius 3 is 2.93 bits per heavy atom. The SMILES string of the molecule is C/C=C/CCC(=O)N1CCCCC1C. The second-order valence-electron chi connectivity index (χ2n) is 4.04. The maximum Gasteiger partial charge on any atom is 0.223 e. The van der Waals surface area contributed by atoms with Crippen molar-refractivity contribution in [3.8, 4) is 0 Å². The Kier molecular flexibility index (Phi) is 4.71. The van der Waals surface area contributed by atoms with Crippen molar-refractivity contribution < 1.29 is 4.79 Å². The number of carbonyl (C=O) groups is 1. The van der Waals surface area contributed by atoms with E-state index in [-0.39, 0.29) is 0 Å². The van der Waals surface area contributed by atoms with Crippen molar-refractivity contribution in [2.75, 3.05) is 6.54 Å². The number of likely N-dealkylation sites (tertiary alicyclic amines) is 1. The molecule has 0 radical (unpaired) electrons. The first-order chi connectivity index (χ1) is 6.75. The van der Waals surface area contributed by atoms with Gasteiger partial charge in [0.05, 0.1) is 0 Å². The molecule has 1 unspecified atom stereocenters. The fourth-order valence-electron chi connectivity index (χ4n) is 1.99. The molecule has 0 bridgehead atoms. The van der Waals surface area contributed by atoms with E-state index in [9.17, 15) is 4.79 Å². The van der Waals surface area contributed by atoms with Crippen LogP contribution in [0.1, 0.15) is 46.0 Å². The van der Waals surface area contributed by atoms with Gasteiger partial charge in [0.15, 0.2) is 0 Å². The Bertz CT molecular complexity index is 210. The summed E-state index contributed by atoms with van der Waals surface area (Å²) in [6.45, 7) is 5.12. The lowest BCUT2D eigenvalue weighted by atomic mass is 10.0. The average Bonchev–Trinajstić information content (AvgIpc) is 2.18. The monoisotopic (exact) mass is 195 g/mol. The smallest absolute Gasteiger partial charge is 0.223 e. The van der Waals surface area contributed by atoms with Gasteiger partial charge in [-0.2, -0.15) is 0 Å². The first-order valence-electron chi connectivity index (χ1n) is 5.66. The average molecular weight is 195 g/mol. The zero-order valence-electron chi connectivity index (χ0n) is 9.33. The van der Waals surface area contributed by atoms with Crippen molar-refractivity contribution in [3.63, 3.8) is 0 Å². The van der Waals surface area contributed by atoms with Crippen molar-refractivity contribution >= 4 is 5.91 Å². The molecule has 0 spiro atoms. The highest BCUT2D eigenvalue weighted by Crippen LogP contribution is 2.17. The summed E-state index contributed by atoms with van der Waals surface area (Å²) in [5, 5.41) is 0. The summed E-state index contributed by atoms with van der Waals surface area (Å²) < 4.78 is 0. The largest absolute Gasteiger partial charge is 0.340 e. The van der Waals surface area contributed by atoms with Crippen LogP contribution in [-0.2, 0) is 4.79 Å². The van der Waals surface area contributed by atoms with Gasteiger partial charge in [-0.1, -0.05) is 12.2 Å². The molecule has 0 saturated carbocycles. The van der Waals surface area contributed by atoms with Crippen LogP contribution in [0.3, 0.4) is 0 Å². The molecule has 2 nitrogen and oxygen atoms in total. The molecule has 1 fully saturated rings. The third kappa shape index (κ3) is 3.17. The van der Waals surface area contributed by atoms with Crippen molar-refractivity contribution in [2.45, 2.75) is 52.0 Å². The standard InChI is InChI=1S/C12H21NO/c1-3-4-5-9-12(14)13-10-7-6-8-11(13)2/h3-4,11H,5-10H2,1-2H3/b4-3+. The fourth-order valence-corrected chi connectivity index (χ4v) is 1.99. The van der Waals surface area contributed by atoms with E-state index >= 15 is 0 Å². The Hall–Kier alpha value is -0.790. The molecular weight excluding hydrogens is 174 g/mol. The van der Waals surface area contributed by atoms with Crippen molar-refractivity contribution in [3.05, 3.63) is 12.2 Å². The van der Waals surface area contributed by atoms with Crippen LogP contribution in [0.5, 0.6) is 0 Å². The summed E-state index contributed by atoms with van der Waals surface area (Å²) >= 11 is 0. The summed E-state index contributed by atoms with van der Waals surface area (Å²) in [5.41, 5.74) is 0. The number of piperidine rings is 1. The second-order valence-corrected chi connectivity index (χ2v) is 4.04. The van der Waals surface area contributed by atoms with Crippen LogP contribution in [0.2, 0.25) is 0 Å². The minimum absolute atomic E-state index is 0.329. The number of carbonyl (C=O) groups excluding carboxylic acids is 1. The first-order valence-corrected chi connectivity index (χ1v) is 5.66. The zero-order valence-corrected chi connectivity index (χ0v) is 9.33. The maximum absolute atomic E-state index is 11.8. The third-order valence-electron chi connectivity index (χ3n) is 2.88. The molecule has 1 aliphatic heterocycles. The molecule has 1 saturated heterocycles. The molecule has 1 rings (SSSR count). The lowest BCUT2D eigenvalue weighted by Gasteiger charge is -2.33. The van der Waals surface area contributed by atoms with Crippen LogP contribution in [0.4, 0.5) is 0 Å². The summed E-state index contributed by atoms with van der Waals surface area (Å²) in [5.74, 6) is 0.329. The van der Waals surface area contributed by atoms with E-state index in [2.05, 4.69) is 13.0 Å². The van der Waals surface area contributed by atoms with Crippen LogP contribution in [0.15, 0.2) is 12.2 Å². The van der Waals surface area contributed by atoms with Gasteiger partial charge in [-0.25, -0.2) is 0 Å². The van der Waals surface area contributed by atoms with Gasteiger partial charge < -0.3 is 4.90 Å². The lowest BCUT2D eigenvalue weighted by molar-refractivity contribution is -0.134. The van der Waals surface area contributed by atoms with Gasteiger partial charge in [0.2, 0.25) is 5.91 Å². The molecule has 0 aliphatic carbocycles. The van der Waals surface area contributed by atoms with Crippen LogP contribution < -0.4 is 0 Å². The Balaban J connectivity index is 2.34. The highest BCUT2D eigenvalue weighted by molar-refractivity contribution is 5.76. The van der Waals surface area contributed by atoms with Crippen molar-refractivity contribution in [1.82, 2.24) is 4.90 Å². The van der Waals surface area contributed by atoms with Gasteiger partial charge >= 0.3 is 0 Å². The predicted octanol–water partition coefficient (Wildman–Crippen LogP) is 2.74. The second kappa shape index (κ2) is 5.84. The summed E-state index contributed by atoms with van der Waals surface area (Å²) in [4.78, 5) is 13.8. The van der Waals surface area contributed by atoms with Gasteiger partial charge in [-0.15, -0.1) is 0 Å². The summed E-state index contributed by atoms with van der Waals surface area (Å²) in [6, 6.07) is 0.460. The predicted molar refractivity (Wildman–Crippen MR) is 59.1 cm³/mol. The number of nitrogens with zero attached hydrogens (tertiary/aromatic N) is 1. The molecule has 14 heavy (non-hydrogen) atoms. The topological polar surface area (TPSA) is 20.3 Å². The van der Waals surface area contributed by atoms with Crippen LogP contribution in [0.25, 0.3) is 0 Å². The van der Waals surface area contributed by atoms with E-state index in [1.165, 1.54) is 19.3 Å². The first kappa shape index (κ1) is 11.3. The minimum Gasteiger partial charge on any atom is -0.340 e. The quantitative estimate of drug-likeness (QED) is 0.634. The maximum atomic E-state index is 11.8. The van der Waals surface area contributed by atoms with Crippen molar-refractivity contribution in [2.24, 2.45) is 0 Å². The highest BCUT2D eigenvalue weighted by atomic mass is 16.2. The van der Waals surface area contributed by atoms with Crippen LogP contribution in [-0.4, -0.2) is 23.4 Å². The minimum atomic E-state index is 0.329. The molecule has 1 heterocycles. The normalized spacial score (nSPS) is 23.0. The third-order valence-corrected chi connectivity index (χ3v) is 2.88. The van der Waals surface area contributed by atoms with E-state index in [1.807, 2.05) is 17.9 Å². The molecular formula is C12H21NO. The molecule has 1 amide bonds. The van der Waals surface area contributed by atoms with Crippen molar-refractivity contribution in [1.29, 1.82) is 0 Å². The van der Waals surface area contributed by atoms with Gasteiger partial charge in [0.1, 0.15) is 0 Å². The van der Waals surface area contributed by atoms with E-state index in [4.69, 9.17) is 0 Å². The van der Waals surface area contributed by atoms with E-state index in [0.29, 0.717) is 18.4 Å². The fraction of sp³-hybridized carbons (Fsp3) is 0.750. The molecule has 1 aliphatic rings. The molecule has 0 aromatic heterocycles. The molecule has 0 aromatic rings. The van der Waals surface area contributed by atoms with Gasteiger partial charge in [-0.05, 0) is 39.5 Å². The highest BCUT2D eigenvalue weighted by Gasteiger charge is 2.21. The number of hydrogen-bond donors (Lipinski definition) is 0. The van der Waals surface area contributed by atoms with Gasteiger partial charge in [-0.3, -0.25) is 4.79 Å². The van der Waals surface area contributed by atoms with Gasteiger partial charge in [0, 0.05) is 19.0 Å². The molecule has 0 aromatic carbocycles. The number of hydrogen-bond acceptors (Lipinski definition) is 1. The Morgan fingerprint density at radius 1 is 1.50 bits per heavy atom. The van der Waals surface area contributed by atoms with Gasteiger partial charge in [0.25, 0.3) is 0 Å². The van der Waals surface area contributed by atoms with E-state index in [1.54, 1.807) is 0 Å². The van der Waals surface area contributed by atoms with Crippen LogP contribution >= 0.6 is 0 Å². The number of rotatable bonds is 3. The number of amides is 1. The van der Waals surface area contributed by atoms with E-state index < -0.39 is 0 Å². The molecule has 0 N–H and O–H groups in total. The molecule has 2 heteroatoms.